The highest BCUT2D eigenvalue weighted by atomic mass is 35.5. The Labute approximate surface area is 116 Å². The van der Waals surface area contributed by atoms with Gasteiger partial charge in [-0.25, -0.2) is 8.42 Å². The molecule has 1 fully saturated rings. The van der Waals surface area contributed by atoms with Crippen LogP contribution in [0.1, 0.15) is 5.76 Å². The molecule has 0 saturated carbocycles. The van der Waals surface area contributed by atoms with Crippen molar-refractivity contribution in [3.05, 3.63) is 24.2 Å². The van der Waals surface area contributed by atoms with E-state index in [0.717, 1.165) is 5.76 Å². The molecule has 1 aromatic rings. The summed E-state index contributed by atoms with van der Waals surface area (Å²) in [5.41, 5.74) is 0. The molecule has 0 amide bonds. The highest BCUT2D eigenvalue weighted by Gasteiger charge is 2.36. The molecule has 2 atom stereocenters. The summed E-state index contributed by atoms with van der Waals surface area (Å²) in [6, 6.07) is 3.26. The molecule has 8 heteroatoms. The van der Waals surface area contributed by atoms with Gasteiger partial charge in [-0.05, 0) is 24.4 Å². The van der Waals surface area contributed by atoms with Crippen LogP contribution in [0, 0.1) is 0 Å². The molecule has 1 saturated heterocycles. The van der Waals surface area contributed by atoms with Crippen molar-refractivity contribution in [2.24, 2.45) is 0 Å². The smallest absolute Gasteiger partial charge is 0.166 e. The molecule has 100 valence electrons. The number of hydrogen-bond donors (Lipinski definition) is 2. The third-order valence-electron chi connectivity index (χ3n) is 2.60. The van der Waals surface area contributed by atoms with Gasteiger partial charge < -0.3 is 15.1 Å². The maximum absolute atomic E-state index is 11.4. The summed E-state index contributed by atoms with van der Waals surface area (Å²) in [6.07, 6.45) is 1.58. The lowest BCUT2D eigenvalue weighted by molar-refractivity contribution is 0.501. The summed E-state index contributed by atoms with van der Waals surface area (Å²) < 4.78 is 27.9. The Balaban J connectivity index is 1.81. The van der Waals surface area contributed by atoms with E-state index < -0.39 is 15.2 Å². The van der Waals surface area contributed by atoms with Crippen LogP contribution >= 0.6 is 23.8 Å². The predicted octanol–water partition coefficient (Wildman–Crippen LogP) is 0.648. The Morgan fingerprint density at radius 3 is 2.89 bits per heavy atom. The molecule has 2 heterocycles. The maximum Gasteiger partial charge on any atom is 0.166 e. The van der Waals surface area contributed by atoms with Gasteiger partial charge in [0.1, 0.15) is 5.76 Å². The lowest BCUT2D eigenvalue weighted by Crippen LogP contribution is -2.45. The summed E-state index contributed by atoms with van der Waals surface area (Å²) in [7, 11) is -3.05. The van der Waals surface area contributed by atoms with Gasteiger partial charge in [-0.15, -0.1) is 11.6 Å². The van der Waals surface area contributed by atoms with Crippen LogP contribution < -0.4 is 10.6 Å². The van der Waals surface area contributed by atoms with Gasteiger partial charge in [-0.1, -0.05) is 0 Å². The highest BCUT2D eigenvalue weighted by Crippen LogP contribution is 2.17. The van der Waals surface area contributed by atoms with Crippen LogP contribution in [0.15, 0.2) is 22.8 Å². The normalized spacial score (nSPS) is 25.8. The minimum atomic E-state index is -3.05. The van der Waals surface area contributed by atoms with E-state index in [1.54, 1.807) is 12.3 Å². The monoisotopic (exact) mass is 308 g/mol. The zero-order valence-corrected chi connectivity index (χ0v) is 11.8. The first-order chi connectivity index (χ1) is 8.46. The Morgan fingerprint density at radius 1 is 1.56 bits per heavy atom. The molecule has 0 unspecified atom stereocenters. The van der Waals surface area contributed by atoms with Crippen LogP contribution in [0.25, 0.3) is 0 Å². The number of rotatable bonds is 3. The number of alkyl halides is 1. The van der Waals surface area contributed by atoms with Crippen molar-refractivity contribution in [1.82, 2.24) is 10.6 Å². The van der Waals surface area contributed by atoms with Crippen LogP contribution in [-0.4, -0.2) is 36.5 Å². The minimum Gasteiger partial charge on any atom is -0.467 e. The molecule has 0 radical (unpaired) electrons. The standard InChI is InChI=1S/C10H13ClN2O3S2/c11-8-5-18(14,15)6-9(8)13-10(17)12-4-7-2-1-3-16-7/h1-3,8-9H,4-6H2,(H2,12,13,17)/t8-,9+/m0/s1. The van der Waals surface area contributed by atoms with Gasteiger partial charge in [0.15, 0.2) is 14.9 Å². The number of halogens is 1. The van der Waals surface area contributed by atoms with Crippen molar-refractivity contribution >= 4 is 38.8 Å². The van der Waals surface area contributed by atoms with Gasteiger partial charge in [-0.3, -0.25) is 0 Å². The molecule has 1 aliphatic heterocycles. The fraction of sp³-hybridized carbons (Fsp3) is 0.500. The average Bonchev–Trinajstić information content (AvgIpc) is 2.84. The van der Waals surface area contributed by atoms with E-state index in [1.165, 1.54) is 0 Å². The molecule has 0 bridgehead atoms. The topological polar surface area (TPSA) is 71.3 Å². The van der Waals surface area contributed by atoms with Crippen molar-refractivity contribution < 1.29 is 12.8 Å². The fourth-order valence-electron chi connectivity index (χ4n) is 1.74. The number of furan rings is 1. The van der Waals surface area contributed by atoms with Gasteiger partial charge in [0.25, 0.3) is 0 Å². The Hall–Kier alpha value is -0.790. The molecule has 0 aromatic carbocycles. The second-order valence-electron chi connectivity index (χ2n) is 4.11. The van der Waals surface area contributed by atoms with Crippen molar-refractivity contribution in [3.63, 3.8) is 0 Å². The third-order valence-corrected chi connectivity index (χ3v) is 5.24. The van der Waals surface area contributed by atoms with Crippen molar-refractivity contribution in [1.29, 1.82) is 0 Å². The quantitative estimate of drug-likeness (QED) is 0.631. The second kappa shape index (κ2) is 5.46. The van der Waals surface area contributed by atoms with E-state index in [9.17, 15) is 8.42 Å². The molecule has 0 aliphatic carbocycles. The number of nitrogens with one attached hydrogen (secondary N) is 2. The first kappa shape index (κ1) is 13.6. The molecular weight excluding hydrogens is 296 g/mol. The Bertz CT molecular complexity index is 515. The predicted molar refractivity (Wildman–Crippen MR) is 73.4 cm³/mol. The summed E-state index contributed by atoms with van der Waals surface area (Å²) in [4.78, 5) is 0. The number of thiocarbonyl (C=S) groups is 1. The van der Waals surface area contributed by atoms with Gasteiger partial charge in [0.2, 0.25) is 0 Å². The van der Waals surface area contributed by atoms with E-state index in [4.69, 9.17) is 28.2 Å². The van der Waals surface area contributed by atoms with Crippen molar-refractivity contribution in [2.75, 3.05) is 11.5 Å². The summed E-state index contributed by atoms with van der Waals surface area (Å²) >= 11 is 11.0. The van der Waals surface area contributed by atoms with Gasteiger partial charge >= 0.3 is 0 Å². The van der Waals surface area contributed by atoms with E-state index >= 15 is 0 Å². The van der Waals surface area contributed by atoms with Crippen molar-refractivity contribution in [3.8, 4) is 0 Å². The summed E-state index contributed by atoms with van der Waals surface area (Å²) in [5, 5.41) is 5.78. The van der Waals surface area contributed by atoms with E-state index in [-0.39, 0.29) is 17.5 Å². The zero-order valence-electron chi connectivity index (χ0n) is 9.43. The van der Waals surface area contributed by atoms with Crippen molar-refractivity contribution in [2.45, 2.75) is 18.0 Å². The van der Waals surface area contributed by atoms with Crippen LogP contribution in [0.2, 0.25) is 0 Å². The Kier molecular flexibility index (Phi) is 4.14. The van der Waals surface area contributed by atoms with Crippen LogP contribution in [0.3, 0.4) is 0 Å². The van der Waals surface area contributed by atoms with E-state index in [1.807, 2.05) is 6.07 Å². The van der Waals surface area contributed by atoms with E-state index in [2.05, 4.69) is 10.6 Å². The first-order valence-electron chi connectivity index (χ1n) is 5.37. The average molecular weight is 309 g/mol. The van der Waals surface area contributed by atoms with Gasteiger partial charge in [0, 0.05) is 0 Å². The highest BCUT2D eigenvalue weighted by molar-refractivity contribution is 7.91. The van der Waals surface area contributed by atoms with Gasteiger partial charge in [0.05, 0.1) is 35.7 Å². The molecule has 0 spiro atoms. The maximum atomic E-state index is 11.4. The molecule has 2 N–H and O–H groups in total. The van der Waals surface area contributed by atoms with Crippen LogP contribution in [0.5, 0.6) is 0 Å². The minimum absolute atomic E-state index is 0.00693. The fourth-order valence-corrected chi connectivity index (χ4v) is 4.51. The summed E-state index contributed by atoms with van der Waals surface area (Å²) in [5.74, 6) is 0.761. The molecule has 1 aromatic heterocycles. The Morgan fingerprint density at radius 2 is 2.33 bits per heavy atom. The largest absolute Gasteiger partial charge is 0.467 e. The first-order valence-corrected chi connectivity index (χ1v) is 8.04. The molecule has 18 heavy (non-hydrogen) atoms. The molecule has 5 nitrogen and oxygen atoms in total. The molecule has 1 aliphatic rings. The van der Waals surface area contributed by atoms with Crippen LogP contribution in [-0.2, 0) is 16.4 Å². The molecular formula is C10H13ClN2O3S2. The number of hydrogen-bond acceptors (Lipinski definition) is 4. The summed E-state index contributed by atoms with van der Waals surface area (Å²) in [6.45, 7) is 0.450. The number of sulfone groups is 1. The lowest BCUT2D eigenvalue weighted by atomic mass is 10.2. The zero-order chi connectivity index (χ0) is 13.2. The van der Waals surface area contributed by atoms with Crippen LogP contribution in [0.4, 0.5) is 0 Å². The van der Waals surface area contributed by atoms with E-state index in [0.29, 0.717) is 11.7 Å². The van der Waals surface area contributed by atoms with Gasteiger partial charge in [-0.2, -0.15) is 0 Å². The SMILES string of the molecule is O=S1(=O)C[C@H](Cl)[C@H](NC(=S)NCc2ccco2)C1. The third kappa shape index (κ3) is 3.60. The molecule has 2 rings (SSSR count). The second-order valence-corrected chi connectivity index (χ2v) is 7.23. The lowest BCUT2D eigenvalue weighted by Gasteiger charge is -2.16.